The van der Waals surface area contributed by atoms with Crippen LogP contribution in [0, 0.1) is 0 Å². The van der Waals surface area contributed by atoms with Crippen LogP contribution in [0.3, 0.4) is 0 Å². The Morgan fingerprint density at radius 1 is 0.783 bits per heavy atom. The molecule has 4 heteroatoms. The summed E-state index contributed by atoms with van der Waals surface area (Å²) in [6.07, 6.45) is 19.6. The van der Waals surface area contributed by atoms with Gasteiger partial charge in [0, 0.05) is 13.2 Å². The lowest BCUT2D eigenvalue weighted by molar-refractivity contribution is -0.115. The van der Waals surface area contributed by atoms with E-state index in [1.54, 1.807) is 6.26 Å². The molecule has 2 aliphatic carbocycles. The molecule has 0 aromatic carbocycles. The van der Waals surface area contributed by atoms with Crippen molar-refractivity contribution < 1.29 is 9.35 Å². The fourth-order valence-electron chi connectivity index (χ4n) is 2.12. The number of hydrogen-bond donors (Lipinski definition) is 2. The van der Waals surface area contributed by atoms with E-state index >= 15 is 0 Å². The van der Waals surface area contributed by atoms with Crippen molar-refractivity contribution in [3.63, 3.8) is 0 Å². The average molecular weight is 350 g/mol. The summed E-state index contributed by atoms with van der Waals surface area (Å²) in [6.45, 7) is 11.3. The van der Waals surface area contributed by atoms with Crippen molar-refractivity contribution in [1.29, 1.82) is 0 Å². The first-order chi connectivity index (χ1) is 11.1. The molecule has 0 atom stereocenters. The van der Waals surface area contributed by atoms with Crippen LogP contribution < -0.4 is 5.73 Å². The number of carbonyl (C=O) groups is 1. The van der Waals surface area contributed by atoms with Crippen molar-refractivity contribution in [2.75, 3.05) is 6.26 Å². The van der Waals surface area contributed by atoms with Crippen LogP contribution in [-0.2, 0) is 4.79 Å². The molecule has 0 aliphatic heterocycles. The van der Waals surface area contributed by atoms with Crippen LogP contribution in [0.15, 0.2) is 13.2 Å². The zero-order valence-corrected chi connectivity index (χ0v) is 17.1. The minimum atomic E-state index is -0.333. The van der Waals surface area contributed by atoms with Crippen LogP contribution in [0.4, 0.5) is 0 Å². The number of amides is 1. The molecule has 0 bridgehead atoms. The zero-order chi connectivity index (χ0) is 18.8. The lowest BCUT2D eigenvalue weighted by Crippen LogP contribution is -2.01. The lowest BCUT2D eigenvalue weighted by atomic mass is 10.0. The van der Waals surface area contributed by atoms with Crippen LogP contribution in [0.2, 0.25) is 0 Å². The summed E-state index contributed by atoms with van der Waals surface area (Å²) in [5, 5.41) is 0. The van der Waals surface area contributed by atoms with Crippen molar-refractivity contribution >= 4 is 17.9 Å². The van der Waals surface area contributed by atoms with Gasteiger partial charge in [-0.2, -0.15) is 0 Å². The maximum absolute atomic E-state index is 9.22. The van der Waals surface area contributed by atoms with Gasteiger partial charge in [-0.25, -0.2) is 0 Å². The first kappa shape index (κ1) is 30.4. The molecule has 23 heavy (non-hydrogen) atoms. The summed E-state index contributed by atoms with van der Waals surface area (Å²) in [5.74, 6) is -0.333. The molecule has 0 unspecified atom stereocenters. The molecule has 2 rings (SSSR count). The van der Waals surface area contributed by atoms with E-state index in [1.165, 1.54) is 84.0 Å². The third kappa shape index (κ3) is 61.8. The van der Waals surface area contributed by atoms with E-state index < -0.39 is 0 Å². The Morgan fingerprint density at radius 3 is 0.870 bits per heavy atom. The molecule has 0 spiro atoms. The second kappa shape index (κ2) is 37.6. The van der Waals surface area contributed by atoms with Gasteiger partial charge >= 0.3 is 0 Å². The Hall–Kier alpha value is -0.480. The maximum atomic E-state index is 9.22. The first-order valence-corrected chi connectivity index (χ1v) is 10.3. The van der Waals surface area contributed by atoms with Gasteiger partial charge in [-0.1, -0.05) is 90.9 Å². The van der Waals surface area contributed by atoms with E-state index in [2.05, 4.69) is 18.9 Å². The normalized spacial score (nSPS) is 14.8. The molecule has 0 aromatic rings. The highest BCUT2D eigenvalue weighted by Crippen LogP contribution is 2.15. The quantitative estimate of drug-likeness (QED) is 0.372. The summed E-state index contributed by atoms with van der Waals surface area (Å²) in [5.41, 5.74) is 4.47. The van der Waals surface area contributed by atoms with Crippen molar-refractivity contribution in [3.05, 3.63) is 13.2 Å². The van der Waals surface area contributed by atoms with Crippen LogP contribution in [-0.4, -0.2) is 16.7 Å². The highest BCUT2D eigenvalue weighted by atomic mass is 32.2. The fraction of sp³-hybridized carbons (Fsp3) is 0.842. The monoisotopic (exact) mass is 349 g/mol. The molecule has 2 aliphatic rings. The third-order valence-electron chi connectivity index (χ3n) is 3.00. The first-order valence-electron chi connectivity index (χ1n) is 9.08. The summed E-state index contributed by atoms with van der Waals surface area (Å²) >= 11 is 0.750. The van der Waals surface area contributed by atoms with Crippen molar-refractivity contribution in [1.82, 2.24) is 0 Å². The Kier molecular flexibility index (Phi) is 49.7. The summed E-state index contributed by atoms with van der Waals surface area (Å²) < 4.78 is 7.49. The summed E-state index contributed by atoms with van der Waals surface area (Å²) in [7, 11) is 0. The summed E-state index contributed by atoms with van der Waals surface area (Å²) in [6, 6.07) is 0. The number of primary amides is 1. The number of nitrogens with two attached hydrogens (primary N) is 1. The molecule has 0 saturated heterocycles. The van der Waals surface area contributed by atoms with Gasteiger partial charge in [0.25, 0.3) is 0 Å². The molecule has 1 amide bonds. The Bertz CT molecular complexity index is 143. The number of carbonyl (C=O) groups excluding carboxylic acids is 1. The third-order valence-corrected chi connectivity index (χ3v) is 3.00. The van der Waals surface area contributed by atoms with Crippen LogP contribution in [0.25, 0.3) is 0 Å². The zero-order valence-electron chi connectivity index (χ0n) is 16.2. The topological polar surface area (TPSA) is 63.3 Å². The van der Waals surface area contributed by atoms with Gasteiger partial charge in [-0.15, -0.1) is 13.2 Å². The van der Waals surface area contributed by atoms with E-state index in [9.17, 15) is 4.79 Å². The van der Waals surface area contributed by atoms with Crippen LogP contribution in [0.5, 0.6) is 0 Å². The second-order valence-electron chi connectivity index (χ2n) is 5.04. The van der Waals surface area contributed by atoms with E-state index in [4.69, 9.17) is 4.55 Å². The molecule has 3 nitrogen and oxygen atoms in total. The fourth-order valence-corrected chi connectivity index (χ4v) is 2.12. The highest BCUT2D eigenvalue weighted by molar-refractivity contribution is 7.93. The van der Waals surface area contributed by atoms with Crippen molar-refractivity contribution in [2.45, 2.75) is 97.8 Å². The molecule has 0 aromatic heterocycles. The Morgan fingerprint density at radius 2 is 0.826 bits per heavy atom. The van der Waals surface area contributed by atoms with E-state index in [0.29, 0.717) is 0 Å². The summed E-state index contributed by atoms with van der Waals surface area (Å²) in [4.78, 5) is 9.22. The molecular weight excluding hydrogens is 306 g/mol. The van der Waals surface area contributed by atoms with Gasteiger partial charge in [0.1, 0.15) is 0 Å². The predicted molar refractivity (Wildman–Crippen MR) is 109 cm³/mol. The smallest absolute Gasteiger partial charge is 0.214 e. The van der Waals surface area contributed by atoms with Gasteiger partial charge in [0.15, 0.2) is 0 Å². The predicted octanol–water partition coefficient (Wildman–Crippen LogP) is 6.82. The molecule has 3 N–H and O–H groups in total. The molecular formula is C19H43NO2S. The molecule has 0 radical (unpaired) electrons. The Balaban J connectivity index is -0.000000101. The maximum Gasteiger partial charge on any atom is 0.214 e. The Labute approximate surface area is 150 Å². The number of rotatable bonds is 0. The minimum Gasteiger partial charge on any atom is -0.370 e. The van der Waals surface area contributed by atoms with E-state index in [0.717, 1.165) is 12.0 Å². The highest BCUT2D eigenvalue weighted by Gasteiger charge is 1.96. The second-order valence-corrected chi connectivity index (χ2v) is 5.40. The van der Waals surface area contributed by atoms with Gasteiger partial charge in [-0.3, -0.25) is 4.79 Å². The van der Waals surface area contributed by atoms with Gasteiger partial charge in [0.05, 0.1) is 0 Å². The minimum absolute atomic E-state index is 0.333. The van der Waals surface area contributed by atoms with E-state index in [-0.39, 0.29) is 5.91 Å². The number of hydrogen-bond acceptors (Lipinski definition) is 3. The standard InChI is InChI=1S/2C6H12.C2H5NO.C2H6.C2H4.CH4OS/c2*1-2-4-6-5-3-1;1-2(3)4;2*1-2;1-3-2/h2*1-6H2;1H3,(H2,3,4);1-2H3;1-2H2;2H,1H3. The molecule has 142 valence electrons. The van der Waals surface area contributed by atoms with E-state index in [1.807, 2.05) is 13.8 Å². The van der Waals surface area contributed by atoms with Crippen LogP contribution in [0.1, 0.15) is 97.8 Å². The van der Waals surface area contributed by atoms with Gasteiger partial charge in [0.2, 0.25) is 5.91 Å². The van der Waals surface area contributed by atoms with Crippen molar-refractivity contribution in [2.24, 2.45) is 5.73 Å². The molecule has 2 saturated carbocycles. The van der Waals surface area contributed by atoms with Crippen LogP contribution >= 0.6 is 12.0 Å². The van der Waals surface area contributed by atoms with Crippen molar-refractivity contribution in [3.8, 4) is 0 Å². The molecule has 2 fully saturated rings. The molecule has 0 heterocycles. The lowest BCUT2D eigenvalue weighted by Gasteiger charge is -2.05. The van der Waals surface area contributed by atoms with Gasteiger partial charge < -0.3 is 10.3 Å². The largest absolute Gasteiger partial charge is 0.370 e. The average Bonchev–Trinajstić information content (AvgIpc) is 2.62. The van der Waals surface area contributed by atoms with Gasteiger partial charge in [-0.05, 0) is 12.0 Å². The SMILES string of the molecule is C1CCCCC1.C1CCCCC1.C=C.CC.CC(N)=O.CSO.